The topological polar surface area (TPSA) is 65.0 Å². The standard InChI is InChI=1S/C55H33N3O2/c1-2-12-43-35(9-1)10-7-15-44(43)50-32-49(57-55(58-50)36-20-18-34(19-21-36)39-11-8-26-56-33-39)42-28-40(37-22-24-53-47(30-37)45-13-3-5-16-51(45)59-53)27-41(29-42)38-23-25-54-48(31-38)46-14-4-6-17-52(46)60-54/h1-33H. The van der Waals surface area contributed by atoms with Gasteiger partial charge in [-0.05, 0) is 111 Å². The van der Waals surface area contributed by atoms with Crippen LogP contribution in [0, 0.1) is 0 Å². The number of para-hydroxylation sites is 2. The molecular formula is C55H33N3O2. The highest BCUT2D eigenvalue weighted by molar-refractivity contribution is 6.08. The Hall–Kier alpha value is -8.15. The third-order valence-corrected chi connectivity index (χ3v) is 11.6. The highest BCUT2D eigenvalue weighted by Gasteiger charge is 2.17. The first-order valence-electron chi connectivity index (χ1n) is 20.1. The molecule has 0 atom stereocenters. The third-order valence-electron chi connectivity index (χ3n) is 11.6. The minimum atomic E-state index is 0.651. The predicted octanol–water partition coefficient (Wildman–Crippen LogP) is 14.8. The van der Waals surface area contributed by atoms with E-state index in [0.717, 1.165) is 116 Å². The second kappa shape index (κ2) is 13.8. The van der Waals surface area contributed by atoms with Crippen LogP contribution in [0.3, 0.4) is 0 Å². The van der Waals surface area contributed by atoms with Crippen molar-refractivity contribution in [2.24, 2.45) is 0 Å². The number of hydrogen-bond acceptors (Lipinski definition) is 5. The summed E-state index contributed by atoms with van der Waals surface area (Å²) in [6, 6.07) is 65.7. The maximum atomic E-state index is 6.24. The molecule has 0 aliphatic carbocycles. The summed E-state index contributed by atoms with van der Waals surface area (Å²) in [7, 11) is 0. The summed E-state index contributed by atoms with van der Waals surface area (Å²) in [6.45, 7) is 0. The summed E-state index contributed by atoms with van der Waals surface area (Å²) >= 11 is 0. The largest absolute Gasteiger partial charge is 0.456 e. The molecule has 0 amide bonds. The fourth-order valence-corrected chi connectivity index (χ4v) is 8.58. The number of aromatic nitrogens is 3. The molecule has 0 aliphatic rings. The van der Waals surface area contributed by atoms with Crippen LogP contribution in [0.25, 0.3) is 122 Å². The Labute approximate surface area is 344 Å². The van der Waals surface area contributed by atoms with Gasteiger partial charge in [0.05, 0.1) is 11.4 Å². The molecule has 0 N–H and O–H groups in total. The van der Waals surface area contributed by atoms with E-state index in [9.17, 15) is 0 Å². The number of rotatable bonds is 6. The van der Waals surface area contributed by atoms with Crippen molar-refractivity contribution in [3.8, 4) is 67.3 Å². The van der Waals surface area contributed by atoms with E-state index in [-0.39, 0.29) is 0 Å². The second-order valence-electron chi connectivity index (χ2n) is 15.2. The molecule has 0 saturated heterocycles. The molecular weight excluding hydrogens is 735 g/mol. The van der Waals surface area contributed by atoms with E-state index < -0.39 is 0 Å². The fourth-order valence-electron chi connectivity index (χ4n) is 8.58. The van der Waals surface area contributed by atoms with Crippen LogP contribution in [-0.4, -0.2) is 15.0 Å². The first kappa shape index (κ1) is 33.9. The number of fused-ring (bicyclic) bond motifs is 7. The highest BCUT2D eigenvalue weighted by Crippen LogP contribution is 2.40. The summed E-state index contributed by atoms with van der Waals surface area (Å²) in [5.41, 5.74) is 14.6. The molecule has 0 unspecified atom stereocenters. The van der Waals surface area contributed by atoms with Crippen LogP contribution in [0.4, 0.5) is 0 Å². The van der Waals surface area contributed by atoms with Crippen LogP contribution in [0.1, 0.15) is 0 Å². The third kappa shape index (κ3) is 5.83. The lowest BCUT2D eigenvalue weighted by atomic mass is 9.93. The van der Waals surface area contributed by atoms with Gasteiger partial charge in [-0.15, -0.1) is 0 Å². The zero-order valence-corrected chi connectivity index (χ0v) is 32.2. The summed E-state index contributed by atoms with van der Waals surface area (Å²) in [6.07, 6.45) is 3.68. The van der Waals surface area contributed by atoms with E-state index in [1.165, 1.54) is 0 Å². The van der Waals surface area contributed by atoms with E-state index in [0.29, 0.717) is 5.82 Å². The zero-order chi connectivity index (χ0) is 39.6. The smallest absolute Gasteiger partial charge is 0.160 e. The van der Waals surface area contributed by atoms with E-state index in [1.54, 1.807) is 6.20 Å². The van der Waals surface area contributed by atoms with Crippen molar-refractivity contribution in [3.63, 3.8) is 0 Å². The molecule has 5 nitrogen and oxygen atoms in total. The molecule has 12 aromatic rings. The van der Waals surface area contributed by atoms with E-state index in [1.807, 2.05) is 36.5 Å². The molecule has 280 valence electrons. The van der Waals surface area contributed by atoms with Crippen molar-refractivity contribution in [2.75, 3.05) is 0 Å². The summed E-state index contributed by atoms with van der Waals surface area (Å²) < 4.78 is 12.5. The Balaban J connectivity index is 1.08. The van der Waals surface area contributed by atoms with Crippen molar-refractivity contribution in [3.05, 3.63) is 200 Å². The van der Waals surface area contributed by atoms with Gasteiger partial charge in [-0.2, -0.15) is 0 Å². The molecule has 8 aromatic carbocycles. The van der Waals surface area contributed by atoms with Crippen LogP contribution in [-0.2, 0) is 0 Å². The molecule has 0 aliphatic heterocycles. The normalized spacial score (nSPS) is 11.7. The fraction of sp³-hybridized carbons (Fsp3) is 0. The van der Waals surface area contributed by atoms with Gasteiger partial charge in [-0.3, -0.25) is 4.98 Å². The molecule has 60 heavy (non-hydrogen) atoms. The summed E-state index contributed by atoms with van der Waals surface area (Å²) in [4.78, 5) is 15.0. The van der Waals surface area contributed by atoms with Gasteiger partial charge < -0.3 is 8.83 Å². The lowest BCUT2D eigenvalue weighted by Crippen LogP contribution is -1.97. The van der Waals surface area contributed by atoms with Crippen LogP contribution >= 0.6 is 0 Å². The number of nitrogens with zero attached hydrogens (tertiary/aromatic N) is 3. The Bertz CT molecular complexity index is 3470. The van der Waals surface area contributed by atoms with E-state index in [4.69, 9.17) is 18.8 Å². The van der Waals surface area contributed by atoms with Crippen molar-refractivity contribution in [1.82, 2.24) is 15.0 Å². The van der Waals surface area contributed by atoms with Crippen molar-refractivity contribution >= 4 is 54.6 Å². The molecule has 4 heterocycles. The summed E-state index contributed by atoms with van der Waals surface area (Å²) in [5.74, 6) is 0.651. The molecule has 12 rings (SSSR count). The van der Waals surface area contributed by atoms with Gasteiger partial charge in [0.25, 0.3) is 0 Å². The lowest BCUT2D eigenvalue weighted by Gasteiger charge is -2.14. The SMILES string of the molecule is c1cncc(-c2ccc(-c3nc(-c4cc(-c5ccc6oc7ccccc7c6c5)cc(-c5ccc6oc7ccccc7c6c5)c4)cc(-c4cccc5ccccc45)n3)cc2)c1. The van der Waals surface area contributed by atoms with Gasteiger partial charge in [0.15, 0.2) is 5.82 Å². The van der Waals surface area contributed by atoms with E-state index in [2.05, 4.69) is 163 Å². The number of furan rings is 2. The zero-order valence-electron chi connectivity index (χ0n) is 32.2. The van der Waals surface area contributed by atoms with Gasteiger partial charge in [0.1, 0.15) is 22.3 Å². The van der Waals surface area contributed by atoms with Crippen LogP contribution in [0.2, 0.25) is 0 Å². The monoisotopic (exact) mass is 767 g/mol. The lowest BCUT2D eigenvalue weighted by molar-refractivity contribution is 0.668. The molecule has 0 saturated carbocycles. The Morgan fingerprint density at radius 2 is 0.867 bits per heavy atom. The minimum Gasteiger partial charge on any atom is -0.456 e. The number of hydrogen-bond donors (Lipinski definition) is 0. The predicted molar refractivity (Wildman–Crippen MR) is 245 cm³/mol. The first-order valence-corrected chi connectivity index (χ1v) is 20.1. The van der Waals surface area contributed by atoms with Crippen LogP contribution in [0.15, 0.2) is 209 Å². The van der Waals surface area contributed by atoms with Crippen molar-refractivity contribution in [1.29, 1.82) is 0 Å². The van der Waals surface area contributed by atoms with Crippen molar-refractivity contribution < 1.29 is 8.83 Å². The van der Waals surface area contributed by atoms with Crippen molar-refractivity contribution in [2.45, 2.75) is 0 Å². The molecule has 0 spiro atoms. The van der Waals surface area contributed by atoms with Gasteiger partial charge in [-0.25, -0.2) is 9.97 Å². The Kier molecular flexibility index (Phi) is 7.78. The van der Waals surface area contributed by atoms with E-state index >= 15 is 0 Å². The van der Waals surface area contributed by atoms with Gasteiger partial charge in [0.2, 0.25) is 0 Å². The first-order chi connectivity index (χ1) is 29.7. The molecule has 0 radical (unpaired) electrons. The average Bonchev–Trinajstić information content (AvgIpc) is 3.89. The summed E-state index contributed by atoms with van der Waals surface area (Å²) in [5, 5.41) is 6.65. The molecule has 0 bridgehead atoms. The van der Waals surface area contributed by atoms with Crippen LogP contribution in [0.5, 0.6) is 0 Å². The Morgan fingerprint density at radius 3 is 1.53 bits per heavy atom. The highest BCUT2D eigenvalue weighted by atomic mass is 16.3. The maximum Gasteiger partial charge on any atom is 0.160 e. The minimum absolute atomic E-state index is 0.651. The van der Waals surface area contributed by atoms with Crippen LogP contribution < -0.4 is 0 Å². The second-order valence-corrected chi connectivity index (χ2v) is 15.2. The molecule has 4 aromatic heterocycles. The van der Waals surface area contributed by atoms with Gasteiger partial charge in [0, 0.05) is 50.6 Å². The molecule has 5 heteroatoms. The number of benzene rings is 8. The van der Waals surface area contributed by atoms with Gasteiger partial charge in [-0.1, -0.05) is 121 Å². The number of pyridine rings is 1. The maximum absolute atomic E-state index is 6.24. The van der Waals surface area contributed by atoms with Gasteiger partial charge >= 0.3 is 0 Å². The quantitative estimate of drug-likeness (QED) is 0.169. The average molecular weight is 768 g/mol. The molecule has 0 fully saturated rings. The Morgan fingerprint density at radius 1 is 0.317 bits per heavy atom.